The van der Waals surface area contributed by atoms with Gasteiger partial charge < -0.3 is 15.4 Å². The van der Waals surface area contributed by atoms with Crippen LogP contribution >= 0.6 is 11.6 Å². The molecule has 1 aliphatic rings. The average Bonchev–Trinajstić information content (AvgIpc) is 2.96. The summed E-state index contributed by atoms with van der Waals surface area (Å²) in [5.41, 5.74) is 5.67. The van der Waals surface area contributed by atoms with Gasteiger partial charge in [-0.15, -0.1) is 0 Å². The van der Waals surface area contributed by atoms with Gasteiger partial charge in [-0.3, -0.25) is 0 Å². The second-order valence-electron chi connectivity index (χ2n) is 4.65. The molecular formula is C13H13ClFN5O. The van der Waals surface area contributed by atoms with Crippen LogP contribution in [0.4, 0.5) is 16.3 Å². The number of aromatic nitrogens is 3. The molecule has 1 saturated heterocycles. The Morgan fingerprint density at radius 1 is 1.19 bits per heavy atom. The lowest BCUT2D eigenvalue weighted by atomic mass is 10.3. The van der Waals surface area contributed by atoms with Crippen molar-refractivity contribution in [1.82, 2.24) is 15.0 Å². The van der Waals surface area contributed by atoms with Crippen LogP contribution in [-0.2, 0) is 0 Å². The Morgan fingerprint density at radius 3 is 2.67 bits per heavy atom. The number of benzene rings is 1. The summed E-state index contributed by atoms with van der Waals surface area (Å²) in [5.74, 6) is 0.214. The van der Waals surface area contributed by atoms with E-state index < -0.39 is 5.82 Å². The molecular weight excluding hydrogens is 297 g/mol. The summed E-state index contributed by atoms with van der Waals surface area (Å²) >= 11 is 5.62. The molecule has 8 heteroatoms. The van der Waals surface area contributed by atoms with Gasteiger partial charge in [-0.2, -0.15) is 15.0 Å². The molecule has 6 nitrogen and oxygen atoms in total. The maximum atomic E-state index is 13.4. The monoisotopic (exact) mass is 309 g/mol. The summed E-state index contributed by atoms with van der Waals surface area (Å²) in [6.07, 6.45) is 2.17. The molecule has 0 amide bonds. The predicted octanol–water partition coefficient (Wildman–Crippen LogP) is 2.64. The van der Waals surface area contributed by atoms with Gasteiger partial charge in [-0.1, -0.05) is 11.6 Å². The van der Waals surface area contributed by atoms with E-state index in [0.29, 0.717) is 5.95 Å². The first-order chi connectivity index (χ1) is 10.1. The molecule has 21 heavy (non-hydrogen) atoms. The average molecular weight is 310 g/mol. The summed E-state index contributed by atoms with van der Waals surface area (Å²) in [7, 11) is 0. The zero-order valence-electron chi connectivity index (χ0n) is 11.1. The molecule has 0 saturated carbocycles. The third-order valence-electron chi connectivity index (χ3n) is 3.11. The van der Waals surface area contributed by atoms with Gasteiger partial charge in [0.25, 0.3) is 0 Å². The standard InChI is InChI=1S/C13H13ClFN5O/c14-9-4-3-8(7-10(9)15)21-13-18-11(16)17-12(19-13)20-5-1-2-6-20/h3-4,7H,1-2,5-6H2,(H2,16,17,18,19). The van der Waals surface area contributed by atoms with E-state index >= 15 is 0 Å². The van der Waals surface area contributed by atoms with Gasteiger partial charge in [-0.25, -0.2) is 4.39 Å². The van der Waals surface area contributed by atoms with E-state index in [9.17, 15) is 4.39 Å². The summed E-state index contributed by atoms with van der Waals surface area (Å²) < 4.78 is 18.8. The van der Waals surface area contributed by atoms with E-state index in [4.69, 9.17) is 22.1 Å². The molecule has 1 aliphatic heterocycles. The van der Waals surface area contributed by atoms with E-state index in [1.165, 1.54) is 12.1 Å². The highest BCUT2D eigenvalue weighted by molar-refractivity contribution is 6.30. The molecule has 0 unspecified atom stereocenters. The highest BCUT2D eigenvalue weighted by Crippen LogP contribution is 2.25. The van der Waals surface area contributed by atoms with E-state index in [2.05, 4.69) is 15.0 Å². The molecule has 1 aromatic heterocycles. The molecule has 0 bridgehead atoms. The summed E-state index contributed by atoms with van der Waals surface area (Å²) in [4.78, 5) is 14.2. The smallest absolute Gasteiger partial charge is 0.328 e. The largest absolute Gasteiger partial charge is 0.424 e. The first-order valence-electron chi connectivity index (χ1n) is 6.51. The van der Waals surface area contributed by atoms with Crippen molar-refractivity contribution >= 4 is 23.5 Å². The summed E-state index contributed by atoms with van der Waals surface area (Å²) in [6, 6.07) is 4.13. The first kappa shape index (κ1) is 13.8. The summed E-state index contributed by atoms with van der Waals surface area (Å²) in [5, 5.41) is 0.0234. The number of hydrogen-bond donors (Lipinski definition) is 1. The molecule has 0 aliphatic carbocycles. The van der Waals surface area contributed by atoms with Crippen molar-refractivity contribution in [2.75, 3.05) is 23.7 Å². The molecule has 0 spiro atoms. The predicted molar refractivity (Wildman–Crippen MR) is 77.2 cm³/mol. The van der Waals surface area contributed by atoms with Gasteiger partial charge in [-0.05, 0) is 25.0 Å². The van der Waals surface area contributed by atoms with Crippen molar-refractivity contribution in [3.05, 3.63) is 29.0 Å². The Hall–Kier alpha value is -2.15. The molecule has 2 heterocycles. The van der Waals surface area contributed by atoms with Crippen LogP contribution in [0.25, 0.3) is 0 Å². The SMILES string of the molecule is Nc1nc(Oc2ccc(Cl)c(F)c2)nc(N2CCCC2)n1. The number of halogens is 2. The molecule has 0 radical (unpaired) electrons. The van der Waals surface area contributed by atoms with E-state index in [1.807, 2.05) is 4.90 Å². The van der Waals surface area contributed by atoms with Gasteiger partial charge in [0.15, 0.2) is 0 Å². The molecule has 1 fully saturated rings. The zero-order valence-corrected chi connectivity index (χ0v) is 11.8. The lowest BCUT2D eigenvalue weighted by Gasteiger charge is -2.15. The minimum absolute atomic E-state index is 0.0234. The molecule has 2 N–H and O–H groups in total. The van der Waals surface area contributed by atoms with Crippen LogP contribution in [0.1, 0.15) is 12.8 Å². The van der Waals surface area contributed by atoms with Crippen LogP contribution in [0.3, 0.4) is 0 Å². The highest BCUT2D eigenvalue weighted by atomic mass is 35.5. The van der Waals surface area contributed by atoms with Gasteiger partial charge in [0.1, 0.15) is 11.6 Å². The Bertz CT molecular complexity index is 663. The van der Waals surface area contributed by atoms with Crippen LogP contribution in [0.15, 0.2) is 18.2 Å². The third-order valence-corrected chi connectivity index (χ3v) is 3.42. The second-order valence-corrected chi connectivity index (χ2v) is 5.06. The fraction of sp³-hybridized carbons (Fsp3) is 0.308. The number of nitrogens with two attached hydrogens (primary N) is 1. The maximum absolute atomic E-state index is 13.4. The molecule has 110 valence electrons. The number of nitrogen functional groups attached to an aromatic ring is 1. The molecule has 3 rings (SSSR count). The minimum atomic E-state index is -0.573. The number of rotatable bonds is 3. The van der Waals surface area contributed by atoms with Crippen molar-refractivity contribution in [3.8, 4) is 11.8 Å². The number of hydrogen-bond acceptors (Lipinski definition) is 6. The Kier molecular flexibility index (Phi) is 3.74. The van der Waals surface area contributed by atoms with Crippen molar-refractivity contribution in [1.29, 1.82) is 0 Å². The van der Waals surface area contributed by atoms with E-state index in [0.717, 1.165) is 32.0 Å². The van der Waals surface area contributed by atoms with Crippen molar-refractivity contribution in [2.24, 2.45) is 0 Å². The number of anilines is 2. The molecule has 1 aromatic carbocycles. The zero-order chi connectivity index (χ0) is 14.8. The van der Waals surface area contributed by atoms with E-state index in [-0.39, 0.29) is 22.7 Å². The lowest BCUT2D eigenvalue weighted by molar-refractivity contribution is 0.436. The number of ether oxygens (including phenoxy) is 1. The Balaban J connectivity index is 1.85. The van der Waals surface area contributed by atoms with Crippen LogP contribution in [0.2, 0.25) is 5.02 Å². The first-order valence-corrected chi connectivity index (χ1v) is 6.89. The Morgan fingerprint density at radius 2 is 1.95 bits per heavy atom. The van der Waals surface area contributed by atoms with E-state index in [1.54, 1.807) is 0 Å². The van der Waals surface area contributed by atoms with Crippen LogP contribution in [0, 0.1) is 5.82 Å². The fourth-order valence-corrected chi connectivity index (χ4v) is 2.23. The molecule has 2 aromatic rings. The van der Waals surface area contributed by atoms with Crippen molar-refractivity contribution in [2.45, 2.75) is 12.8 Å². The van der Waals surface area contributed by atoms with Crippen LogP contribution < -0.4 is 15.4 Å². The van der Waals surface area contributed by atoms with Gasteiger partial charge in [0.2, 0.25) is 11.9 Å². The lowest BCUT2D eigenvalue weighted by Crippen LogP contribution is -2.21. The maximum Gasteiger partial charge on any atom is 0.328 e. The van der Waals surface area contributed by atoms with Crippen LogP contribution in [0.5, 0.6) is 11.8 Å². The van der Waals surface area contributed by atoms with Crippen molar-refractivity contribution in [3.63, 3.8) is 0 Å². The van der Waals surface area contributed by atoms with Gasteiger partial charge >= 0.3 is 6.01 Å². The van der Waals surface area contributed by atoms with Gasteiger partial charge in [0.05, 0.1) is 5.02 Å². The second kappa shape index (κ2) is 5.69. The van der Waals surface area contributed by atoms with Crippen molar-refractivity contribution < 1.29 is 9.13 Å². The van der Waals surface area contributed by atoms with Crippen LogP contribution in [-0.4, -0.2) is 28.0 Å². The Labute approximate surface area is 125 Å². The normalized spacial score (nSPS) is 14.5. The fourth-order valence-electron chi connectivity index (χ4n) is 2.11. The minimum Gasteiger partial charge on any atom is -0.424 e. The number of nitrogens with zero attached hydrogens (tertiary/aromatic N) is 4. The topological polar surface area (TPSA) is 77.2 Å². The highest BCUT2D eigenvalue weighted by Gasteiger charge is 2.17. The quantitative estimate of drug-likeness (QED) is 0.939. The van der Waals surface area contributed by atoms with Gasteiger partial charge in [0, 0.05) is 19.2 Å². The molecule has 0 atom stereocenters. The third kappa shape index (κ3) is 3.13. The summed E-state index contributed by atoms with van der Waals surface area (Å²) in [6.45, 7) is 1.75.